The molecular weight excluding hydrogens is 298 g/mol. The van der Waals surface area contributed by atoms with Crippen LogP contribution in [0, 0.1) is 17.3 Å². The van der Waals surface area contributed by atoms with Crippen LogP contribution in [0.3, 0.4) is 0 Å². The zero-order valence-electron chi connectivity index (χ0n) is 13.0. The molecule has 8 heteroatoms. The molecule has 1 amide bonds. The topological polar surface area (TPSA) is 110 Å². The van der Waals surface area contributed by atoms with Gasteiger partial charge in [-0.05, 0) is 34.9 Å². The van der Waals surface area contributed by atoms with Gasteiger partial charge in [0.1, 0.15) is 0 Å². The molecule has 8 nitrogen and oxygen atoms in total. The lowest BCUT2D eigenvalue weighted by molar-refractivity contribution is -0.140. The second-order valence-corrected chi connectivity index (χ2v) is 6.28. The molecule has 1 fully saturated rings. The van der Waals surface area contributed by atoms with Crippen LogP contribution in [0.4, 0.5) is 5.69 Å². The highest BCUT2D eigenvalue weighted by Gasteiger charge is 2.65. The van der Waals surface area contributed by atoms with E-state index in [0.717, 1.165) is 5.56 Å². The third kappa shape index (κ3) is 2.67. The predicted molar refractivity (Wildman–Crippen MR) is 81.3 cm³/mol. The van der Waals surface area contributed by atoms with Crippen molar-refractivity contribution >= 4 is 17.6 Å². The van der Waals surface area contributed by atoms with Gasteiger partial charge in [0.05, 0.1) is 18.9 Å². The summed E-state index contributed by atoms with van der Waals surface area (Å²) in [5.41, 5.74) is 0.875. The number of nitrogens with zero attached hydrogens (tertiary/aromatic N) is 4. The third-order valence-electron chi connectivity index (χ3n) is 4.29. The van der Waals surface area contributed by atoms with E-state index in [2.05, 4.69) is 20.7 Å². The van der Waals surface area contributed by atoms with Crippen LogP contribution in [0.1, 0.15) is 13.8 Å². The Morgan fingerprint density at radius 1 is 1.22 bits per heavy atom. The monoisotopic (exact) mass is 315 g/mol. The Hall–Kier alpha value is -2.77. The van der Waals surface area contributed by atoms with Crippen LogP contribution in [0.5, 0.6) is 0 Å². The van der Waals surface area contributed by atoms with Gasteiger partial charge in [-0.2, -0.15) is 4.80 Å². The van der Waals surface area contributed by atoms with E-state index in [4.69, 9.17) is 5.11 Å². The Labute approximate surface area is 132 Å². The fourth-order valence-corrected chi connectivity index (χ4v) is 2.91. The van der Waals surface area contributed by atoms with Crippen LogP contribution in [0.2, 0.25) is 0 Å². The van der Waals surface area contributed by atoms with E-state index in [9.17, 15) is 9.59 Å². The molecule has 0 aliphatic heterocycles. The highest BCUT2D eigenvalue weighted by atomic mass is 16.4. The summed E-state index contributed by atoms with van der Waals surface area (Å²) >= 11 is 0. The van der Waals surface area contributed by atoms with Crippen molar-refractivity contribution in [2.45, 2.75) is 13.8 Å². The van der Waals surface area contributed by atoms with E-state index in [1.165, 1.54) is 4.80 Å². The van der Waals surface area contributed by atoms with E-state index in [1.54, 1.807) is 45.2 Å². The number of carbonyl (C=O) groups is 2. The smallest absolute Gasteiger partial charge is 0.307 e. The van der Waals surface area contributed by atoms with Gasteiger partial charge in [-0.1, -0.05) is 13.8 Å². The normalized spacial score (nSPS) is 21.7. The maximum atomic E-state index is 12.3. The van der Waals surface area contributed by atoms with E-state index >= 15 is 0 Å². The van der Waals surface area contributed by atoms with Gasteiger partial charge in [-0.15, -0.1) is 10.2 Å². The van der Waals surface area contributed by atoms with Gasteiger partial charge >= 0.3 is 5.97 Å². The zero-order valence-corrected chi connectivity index (χ0v) is 13.0. The maximum absolute atomic E-state index is 12.3. The average molecular weight is 315 g/mol. The molecule has 1 aromatic heterocycles. The number of benzene rings is 1. The molecule has 2 atom stereocenters. The molecule has 120 valence electrons. The first-order chi connectivity index (χ1) is 10.8. The highest BCUT2D eigenvalue weighted by molar-refractivity contribution is 5.99. The van der Waals surface area contributed by atoms with Crippen LogP contribution in [-0.4, -0.2) is 37.2 Å². The van der Waals surface area contributed by atoms with Gasteiger partial charge in [0, 0.05) is 11.3 Å². The lowest BCUT2D eigenvalue weighted by Gasteiger charge is -2.06. The molecule has 0 spiro atoms. The number of hydrogen-bond acceptors (Lipinski definition) is 5. The molecule has 2 aromatic rings. The van der Waals surface area contributed by atoms with Gasteiger partial charge < -0.3 is 10.4 Å². The van der Waals surface area contributed by atoms with Crippen molar-refractivity contribution in [2.24, 2.45) is 24.3 Å². The van der Waals surface area contributed by atoms with Crippen molar-refractivity contribution in [2.75, 3.05) is 5.32 Å². The average Bonchev–Trinajstić information content (AvgIpc) is 2.83. The fourth-order valence-electron chi connectivity index (χ4n) is 2.91. The fraction of sp³-hybridized carbons (Fsp3) is 0.400. The second kappa shape index (κ2) is 5.15. The molecule has 1 aliphatic rings. The van der Waals surface area contributed by atoms with Crippen molar-refractivity contribution in [1.82, 2.24) is 20.2 Å². The highest BCUT2D eigenvalue weighted by Crippen LogP contribution is 2.58. The van der Waals surface area contributed by atoms with Crippen molar-refractivity contribution in [3.63, 3.8) is 0 Å². The third-order valence-corrected chi connectivity index (χ3v) is 4.29. The molecule has 2 unspecified atom stereocenters. The maximum Gasteiger partial charge on any atom is 0.307 e. The molecular formula is C15H17N5O3. The minimum absolute atomic E-state index is 0.271. The SMILES string of the molecule is Cn1nnc(-c2ccc(NC(=O)C3C(C(=O)O)C3(C)C)cc2)n1. The Kier molecular flexibility index (Phi) is 3.39. The number of aryl methyl sites for hydroxylation is 1. The zero-order chi connectivity index (χ0) is 16.8. The van der Waals surface area contributed by atoms with Crippen LogP contribution in [-0.2, 0) is 16.6 Å². The van der Waals surface area contributed by atoms with Crippen LogP contribution in [0.25, 0.3) is 11.4 Å². The number of carbonyl (C=O) groups excluding carboxylic acids is 1. The van der Waals surface area contributed by atoms with Gasteiger partial charge in [0.15, 0.2) is 0 Å². The van der Waals surface area contributed by atoms with E-state index in [1.807, 2.05) is 0 Å². The number of amides is 1. The molecule has 0 saturated heterocycles. The lowest BCUT2D eigenvalue weighted by Crippen LogP contribution is -2.17. The summed E-state index contributed by atoms with van der Waals surface area (Å²) in [6, 6.07) is 7.02. The van der Waals surface area contributed by atoms with E-state index in [-0.39, 0.29) is 5.91 Å². The molecule has 1 saturated carbocycles. The number of aromatic nitrogens is 4. The first-order valence-electron chi connectivity index (χ1n) is 7.19. The molecule has 23 heavy (non-hydrogen) atoms. The Morgan fingerprint density at radius 2 is 1.87 bits per heavy atom. The first kappa shape index (κ1) is 15.1. The van der Waals surface area contributed by atoms with Crippen molar-refractivity contribution in [3.8, 4) is 11.4 Å². The van der Waals surface area contributed by atoms with Crippen LogP contribution < -0.4 is 5.32 Å². The molecule has 1 heterocycles. The Bertz CT molecular complexity index is 766. The first-order valence-corrected chi connectivity index (χ1v) is 7.19. The summed E-state index contributed by atoms with van der Waals surface area (Å²) in [7, 11) is 1.68. The van der Waals surface area contributed by atoms with Crippen molar-refractivity contribution in [1.29, 1.82) is 0 Å². The molecule has 1 aromatic carbocycles. The van der Waals surface area contributed by atoms with Gasteiger partial charge in [-0.25, -0.2) is 0 Å². The van der Waals surface area contributed by atoms with E-state index < -0.39 is 23.2 Å². The van der Waals surface area contributed by atoms with Crippen molar-refractivity contribution < 1.29 is 14.7 Å². The van der Waals surface area contributed by atoms with E-state index in [0.29, 0.717) is 11.5 Å². The number of carboxylic acid groups (broad SMARTS) is 1. The summed E-state index contributed by atoms with van der Waals surface area (Å²) in [6.45, 7) is 3.58. The summed E-state index contributed by atoms with van der Waals surface area (Å²) < 4.78 is 0. The molecule has 3 rings (SSSR count). The summed E-state index contributed by atoms with van der Waals surface area (Å²) in [6.07, 6.45) is 0. The molecule has 0 bridgehead atoms. The molecule has 0 radical (unpaired) electrons. The summed E-state index contributed by atoms with van der Waals surface area (Å²) in [4.78, 5) is 24.8. The van der Waals surface area contributed by atoms with Crippen LogP contribution in [0.15, 0.2) is 24.3 Å². The number of aliphatic carboxylic acids is 1. The lowest BCUT2D eigenvalue weighted by atomic mass is 10.1. The van der Waals surface area contributed by atoms with Gasteiger partial charge in [-0.3, -0.25) is 9.59 Å². The Balaban J connectivity index is 1.69. The quantitative estimate of drug-likeness (QED) is 0.876. The van der Waals surface area contributed by atoms with Crippen LogP contribution >= 0.6 is 0 Å². The van der Waals surface area contributed by atoms with Gasteiger partial charge in [0.25, 0.3) is 0 Å². The Morgan fingerprint density at radius 3 is 2.35 bits per heavy atom. The van der Waals surface area contributed by atoms with Crippen molar-refractivity contribution in [3.05, 3.63) is 24.3 Å². The number of carboxylic acids is 1. The number of anilines is 1. The summed E-state index contributed by atoms with van der Waals surface area (Å²) in [5, 5.41) is 23.7. The number of hydrogen-bond donors (Lipinski definition) is 2. The summed E-state index contributed by atoms with van der Waals surface area (Å²) in [5.74, 6) is -1.85. The van der Waals surface area contributed by atoms with Gasteiger partial charge in [0.2, 0.25) is 11.7 Å². The molecule has 2 N–H and O–H groups in total. The predicted octanol–water partition coefficient (Wildman–Crippen LogP) is 1.17. The minimum atomic E-state index is -0.931. The number of nitrogens with one attached hydrogen (secondary N) is 1. The largest absolute Gasteiger partial charge is 0.481 e. The number of rotatable bonds is 4. The standard InChI is InChI=1S/C15H17N5O3/c1-15(2)10(11(15)14(22)23)13(21)16-9-6-4-8(5-7-9)12-17-19-20(3)18-12/h4-7,10-11H,1-3H3,(H,16,21)(H,22,23). The minimum Gasteiger partial charge on any atom is -0.481 e. The number of tetrazole rings is 1. The second-order valence-electron chi connectivity index (χ2n) is 6.28. The molecule has 1 aliphatic carbocycles.